The van der Waals surface area contributed by atoms with Crippen molar-refractivity contribution >= 4 is 11.4 Å². The van der Waals surface area contributed by atoms with E-state index in [0.29, 0.717) is 0 Å². The van der Waals surface area contributed by atoms with Crippen molar-refractivity contribution in [3.63, 3.8) is 0 Å². The average molecular weight is 311 g/mol. The number of rotatable bonds is 3. The van der Waals surface area contributed by atoms with Gasteiger partial charge in [0.1, 0.15) is 0 Å². The fourth-order valence-electron chi connectivity index (χ4n) is 3.65. The van der Waals surface area contributed by atoms with Gasteiger partial charge in [0.25, 0.3) is 0 Å². The van der Waals surface area contributed by atoms with Crippen molar-refractivity contribution < 1.29 is 4.74 Å². The maximum absolute atomic E-state index is 5.43. The lowest BCUT2D eigenvalue weighted by Crippen LogP contribution is -2.36. The molecule has 2 aliphatic heterocycles. The Bertz CT molecular complexity index is 622. The van der Waals surface area contributed by atoms with Crippen molar-refractivity contribution in [2.75, 3.05) is 49.2 Å². The van der Waals surface area contributed by atoms with E-state index in [-0.39, 0.29) is 0 Å². The zero-order valence-corrected chi connectivity index (χ0v) is 13.6. The summed E-state index contributed by atoms with van der Waals surface area (Å²) in [7, 11) is 0. The highest BCUT2D eigenvalue weighted by molar-refractivity contribution is 5.76. The van der Waals surface area contributed by atoms with Gasteiger partial charge in [0.15, 0.2) is 0 Å². The molecule has 0 bridgehead atoms. The van der Waals surface area contributed by atoms with Crippen LogP contribution in [0.15, 0.2) is 36.5 Å². The summed E-state index contributed by atoms with van der Waals surface area (Å²) in [4.78, 5) is 8.36. The van der Waals surface area contributed by atoms with Gasteiger partial charge in [-0.25, -0.2) is 0 Å². The van der Waals surface area contributed by atoms with Crippen LogP contribution in [0.3, 0.4) is 0 Å². The first-order chi connectivity index (χ1) is 11.4. The normalized spacial score (nSPS) is 19.1. The molecule has 2 aromatic rings. The lowest BCUT2D eigenvalue weighted by molar-refractivity contribution is 0.122. The highest BCUT2D eigenvalue weighted by Gasteiger charge is 2.17. The van der Waals surface area contributed by atoms with Gasteiger partial charge >= 0.3 is 0 Å². The molecular formula is C19H25N3O. The zero-order valence-electron chi connectivity index (χ0n) is 13.6. The number of aromatic nitrogens is 1. The number of nitrogens with one attached hydrogen (secondary N) is 1. The summed E-state index contributed by atoms with van der Waals surface area (Å²) in [5.41, 5.74) is 5.17. The van der Waals surface area contributed by atoms with Gasteiger partial charge in [-0.1, -0.05) is 12.1 Å². The maximum atomic E-state index is 5.43. The summed E-state index contributed by atoms with van der Waals surface area (Å²) in [6, 6.07) is 11.2. The van der Waals surface area contributed by atoms with Crippen molar-refractivity contribution in [2.24, 2.45) is 0 Å². The van der Waals surface area contributed by atoms with Crippen LogP contribution in [0.2, 0.25) is 0 Å². The third-order valence-electron chi connectivity index (χ3n) is 4.95. The van der Waals surface area contributed by atoms with Crippen LogP contribution in [0.1, 0.15) is 19.3 Å². The molecule has 0 aliphatic carbocycles. The highest BCUT2D eigenvalue weighted by atomic mass is 16.5. The van der Waals surface area contributed by atoms with Gasteiger partial charge in [0.05, 0.1) is 24.6 Å². The monoisotopic (exact) mass is 311 g/mol. The minimum atomic E-state index is 0.831. The number of anilines is 2. The second-order valence-electron chi connectivity index (χ2n) is 6.43. The Morgan fingerprint density at radius 1 is 0.783 bits per heavy atom. The molecule has 4 nitrogen and oxygen atoms in total. The minimum Gasteiger partial charge on any atom is -0.378 e. The molecule has 2 aliphatic rings. The maximum Gasteiger partial charge on any atom is 0.0691 e. The first-order valence-electron chi connectivity index (χ1n) is 8.77. The van der Waals surface area contributed by atoms with Gasteiger partial charge in [0.2, 0.25) is 0 Å². The molecule has 2 saturated heterocycles. The largest absolute Gasteiger partial charge is 0.378 e. The topological polar surface area (TPSA) is 31.5 Å². The van der Waals surface area contributed by atoms with Crippen LogP contribution in [0, 0.1) is 0 Å². The van der Waals surface area contributed by atoms with Crippen molar-refractivity contribution in [1.29, 1.82) is 0 Å². The first-order valence-corrected chi connectivity index (χ1v) is 8.77. The van der Waals surface area contributed by atoms with Crippen molar-refractivity contribution in [2.45, 2.75) is 19.3 Å². The van der Waals surface area contributed by atoms with E-state index in [4.69, 9.17) is 4.74 Å². The molecule has 4 heteroatoms. The Labute approximate surface area is 138 Å². The van der Waals surface area contributed by atoms with Crippen LogP contribution >= 0.6 is 0 Å². The van der Waals surface area contributed by atoms with Gasteiger partial charge in [0, 0.05) is 43.6 Å². The Hall–Kier alpha value is -1.94. The molecule has 1 N–H and O–H groups in total. The van der Waals surface area contributed by atoms with E-state index in [1.165, 1.54) is 55.0 Å². The number of benzene rings is 1. The third-order valence-corrected chi connectivity index (χ3v) is 4.95. The predicted octanol–water partition coefficient (Wildman–Crippen LogP) is 3.51. The number of hydrogen-bond donors (Lipinski definition) is 1. The summed E-state index contributed by atoms with van der Waals surface area (Å²) in [6.45, 7) is 5.99. The number of H-pyrrole nitrogens is 1. The SMILES string of the molecule is c1cc(N2CCCCC2)c(-c2ccc(N3CCOCC3)cc2)[nH]1. The minimum absolute atomic E-state index is 0.831. The number of hydrogen-bond acceptors (Lipinski definition) is 3. The molecule has 0 saturated carbocycles. The van der Waals surface area contributed by atoms with E-state index in [1.54, 1.807) is 0 Å². The summed E-state index contributed by atoms with van der Waals surface area (Å²) in [6.07, 6.45) is 6.04. The molecule has 0 atom stereocenters. The van der Waals surface area contributed by atoms with E-state index >= 15 is 0 Å². The van der Waals surface area contributed by atoms with E-state index in [9.17, 15) is 0 Å². The number of nitrogens with zero attached hydrogens (tertiary/aromatic N) is 2. The molecule has 3 heterocycles. The first kappa shape index (κ1) is 14.6. The zero-order chi connectivity index (χ0) is 15.5. The summed E-state index contributed by atoms with van der Waals surface area (Å²) >= 11 is 0. The summed E-state index contributed by atoms with van der Waals surface area (Å²) in [5.74, 6) is 0. The van der Waals surface area contributed by atoms with E-state index in [2.05, 4.69) is 51.3 Å². The van der Waals surface area contributed by atoms with Crippen LogP contribution in [0.4, 0.5) is 11.4 Å². The number of morpholine rings is 1. The number of aromatic amines is 1. The standard InChI is InChI=1S/C19H25N3O/c1-2-10-22(11-3-1)18-8-9-20-19(18)16-4-6-17(7-5-16)21-12-14-23-15-13-21/h4-9,20H,1-3,10-15H2. The molecule has 122 valence electrons. The number of ether oxygens (including phenoxy) is 1. The summed E-state index contributed by atoms with van der Waals surface area (Å²) < 4.78 is 5.43. The fraction of sp³-hybridized carbons (Fsp3) is 0.474. The second kappa shape index (κ2) is 6.67. The van der Waals surface area contributed by atoms with Gasteiger partial charge < -0.3 is 19.5 Å². The lowest BCUT2D eigenvalue weighted by atomic mass is 10.1. The van der Waals surface area contributed by atoms with Crippen LogP contribution in [-0.4, -0.2) is 44.4 Å². The lowest BCUT2D eigenvalue weighted by Gasteiger charge is -2.30. The Morgan fingerprint density at radius 3 is 2.26 bits per heavy atom. The van der Waals surface area contributed by atoms with E-state index in [0.717, 1.165) is 26.3 Å². The molecule has 2 fully saturated rings. The molecule has 4 rings (SSSR count). The molecule has 1 aromatic carbocycles. The van der Waals surface area contributed by atoms with Gasteiger partial charge in [-0.2, -0.15) is 0 Å². The molecule has 0 amide bonds. The second-order valence-corrected chi connectivity index (χ2v) is 6.43. The Morgan fingerprint density at radius 2 is 1.52 bits per heavy atom. The molecule has 0 radical (unpaired) electrons. The predicted molar refractivity (Wildman–Crippen MR) is 95.3 cm³/mol. The third kappa shape index (κ3) is 3.08. The molecule has 0 unspecified atom stereocenters. The molecule has 0 spiro atoms. The van der Waals surface area contributed by atoms with Crippen molar-refractivity contribution in [3.05, 3.63) is 36.5 Å². The van der Waals surface area contributed by atoms with Crippen molar-refractivity contribution in [1.82, 2.24) is 4.98 Å². The quantitative estimate of drug-likeness (QED) is 0.941. The number of piperidine rings is 1. The summed E-state index contributed by atoms with van der Waals surface area (Å²) in [5, 5.41) is 0. The molecule has 1 aromatic heterocycles. The fourth-order valence-corrected chi connectivity index (χ4v) is 3.65. The van der Waals surface area contributed by atoms with Crippen LogP contribution in [0.25, 0.3) is 11.3 Å². The van der Waals surface area contributed by atoms with Gasteiger partial charge in [-0.15, -0.1) is 0 Å². The smallest absolute Gasteiger partial charge is 0.0691 e. The van der Waals surface area contributed by atoms with Gasteiger partial charge in [-0.3, -0.25) is 0 Å². The highest BCUT2D eigenvalue weighted by Crippen LogP contribution is 2.32. The van der Waals surface area contributed by atoms with Crippen molar-refractivity contribution in [3.8, 4) is 11.3 Å². The van der Waals surface area contributed by atoms with Crippen LogP contribution in [-0.2, 0) is 4.74 Å². The Kier molecular flexibility index (Phi) is 4.24. The van der Waals surface area contributed by atoms with Crippen LogP contribution < -0.4 is 9.80 Å². The van der Waals surface area contributed by atoms with E-state index in [1.807, 2.05) is 0 Å². The Balaban J connectivity index is 1.55. The van der Waals surface area contributed by atoms with Gasteiger partial charge in [-0.05, 0) is 37.5 Å². The van der Waals surface area contributed by atoms with Crippen LogP contribution in [0.5, 0.6) is 0 Å². The van der Waals surface area contributed by atoms with E-state index < -0.39 is 0 Å². The molecule has 23 heavy (non-hydrogen) atoms. The molecular weight excluding hydrogens is 286 g/mol. The average Bonchev–Trinajstić information content (AvgIpc) is 3.13.